The molecule has 29 heavy (non-hydrogen) atoms. The predicted molar refractivity (Wildman–Crippen MR) is 113 cm³/mol. The summed E-state index contributed by atoms with van der Waals surface area (Å²) < 4.78 is 11.0. The van der Waals surface area contributed by atoms with Crippen molar-refractivity contribution in [1.82, 2.24) is 4.90 Å². The number of aliphatic hydroxyl groups excluding tert-OH is 1. The molecule has 7 heteroatoms. The van der Waals surface area contributed by atoms with Gasteiger partial charge >= 0.3 is 5.97 Å². The van der Waals surface area contributed by atoms with E-state index in [0.29, 0.717) is 19.1 Å². The number of esters is 1. The van der Waals surface area contributed by atoms with Crippen molar-refractivity contribution in [3.05, 3.63) is 35.9 Å². The first kappa shape index (κ1) is 27.0. The van der Waals surface area contributed by atoms with Crippen molar-refractivity contribution in [2.24, 2.45) is 5.92 Å². The van der Waals surface area contributed by atoms with E-state index in [1.54, 1.807) is 14.1 Å². The number of hydrogen-bond acceptors (Lipinski definition) is 5. The van der Waals surface area contributed by atoms with Gasteiger partial charge in [0.25, 0.3) is 0 Å². The number of nitrogens with zero attached hydrogens (tertiary/aromatic N) is 1. The minimum atomic E-state index is -0.419. The van der Waals surface area contributed by atoms with Gasteiger partial charge in [-0.25, -0.2) is 4.79 Å². The number of rotatable bonds is 4. The lowest BCUT2D eigenvalue weighted by Crippen LogP contribution is -2.67. The van der Waals surface area contributed by atoms with E-state index >= 15 is 0 Å². The van der Waals surface area contributed by atoms with Crippen LogP contribution in [0.2, 0.25) is 0 Å². The highest BCUT2D eigenvalue weighted by atomic mass is 16.5. The van der Waals surface area contributed by atoms with Gasteiger partial charge in [-0.3, -0.25) is 4.79 Å². The smallest absolute Gasteiger partial charge is 0.367 e. The van der Waals surface area contributed by atoms with E-state index in [1.165, 1.54) is 10.5 Å². The SMILES string of the molecule is CC.CC1CC(Cc2ccccc2)COC[C@H]([NH3+])C(=O)O1.CN(C)C(=O)CCO. The molecule has 2 rings (SSSR count). The molecule has 1 aromatic carbocycles. The molecule has 1 aliphatic heterocycles. The summed E-state index contributed by atoms with van der Waals surface area (Å²) in [6.45, 7) is 6.88. The van der Waals surface area contributed by atoms with Crippen LogP contribution >= 0.6 is 0 Å². The second-order valence-corrected chi connectivity index (χ2v) is 7.04. The second-order valence-electron chi connectivity index (χ2n) is 7.04. The number of hydrogen-bond donors (Lipinski definition) is 2. The molecule has 2 unspecified atom stereocenters. The van der Waals surface area contributed by atoms with Crippen molar-refractivity contribution in [1.29, 1.82) is 0 Å². The van der Waals surface area contributed by atoms with E-state index in [-0.39, 0.29) is 31.0 Å². The Labute approximate surface area is 175 Å². The Hall–Kier alpha value is -1.96. The molecule has 0 spiro atoms. The summed E-state index contributed by atoms with van der Waals surface area (Å²) in [4.78, 5) is 23.6. The number of carbonyl (C=O) groups excluding carboxylic acids is 2. The minimum absolute atomic E-state index is 0.0347. The molecule has 166 valence electrons. The number of cyclic esters (lactones) is 1. The van der Waals surface area contributed by atoms with Crippen molar-refractivity contribution in [2.75, 3.05) is 33.9 Å². The molecular formula is C22H39N2O5+. The number of ether oxygens (including phenoxy) is 2. The molecule has 0 radical (unpaired) electrons. The first-order valence-electron chi connectivity index (χ1n) is 10.3. The third-order valence-electron chi connectivity index (χ3n) is 4.18. The summed E-state index contributed by atoms with van der Waals surface area (Å²) in [7, 11) is 3.33. The van der Waals surface area contributed by atoms with Crippen LogP contribution in [0.4, 0.5) is 0 Å². The van der Waals surface area contributed by atoms with Crippen molar-refractivity contribution >= 4 is 11.9 Å². The third-order valence-corrected chi connectivity index (χ3v) is 4.18. The van der Waals surface area contributed by atoms with Gasteiger partial charge in [0.1, 0.15) is 6.61 Å². The first-order chi connectivity index (χ1) is 13.8. The van der Waals surface area contributed by atoms with E-state index in [2.05, 4.69) is 17.9 Å². The maximum absolute atomic E-state index is 11.6. The highest BCUT2D eigenvalue weighted by Crippen LogP contribution is 2.18. The quantitative estimate of drug-likeness (QED) is 0.727. The fraction of sp³-hybridized carbons (Fsp3) is 0.636. The Morgan fingerprint density at radius 3 is 2.34 bits per heavy atom. The molecule has 1 heterocycles. The van der Waals surface area contributed by atoms with Gasteiger partial charge in [-0.1, -0.05) is 44.2 Å². The monoisotopic (exact) mass is 411 g/mol. The molecule has 3 atom stereocenters. The van der Waals surface area contributed by atoms with Gasteiger partial charge in [0.15, 0.2) is 0 Å². The van der Waals surface area contributed by atoms with Gasteiger partial charge in [0.2, 0.25) is 11.9 Å². The van der Waals surface area contributed by atoms with E-state index in [4.69, 9.17) is 14.6 Å². The highest BCUT2D eigenvalue weighted by molar-refractivity contribution is 5.75. The van der Waals surface area contributed by atoms with E-state index in [0.717, 1.165) is 12.8 Å². The van der Waals surface area contributed by atoms with Crippen LogP contribution in [0, 0.1) is 5.92 Å². The molecule has 1 saturated heterocycles. The first-order valence-corrected chi connectivity index (χ1v) is 10.3. The third kappa shape index (κ3) is 12.3. The zero-order chi connectivity index (χ0) is 22.2. The Morgan fingerprint density at radius 1 is 1.21 bits per heavy atom. The summed E-state index contributed by atoms with van der Waals surface area (Å²) in [6.07, 6.45) is 1.93. The summed E-state index contributed by atoms with van der Waals surface area (Å²) in [5.74, 6) is 0.0795. The Balaban J connectivity index is 0.000000664. The van der Waals surface area contributed by atoms with Crippen LogP contribution in [0.5, 0.6) is 0 Å². The zero-order valence-electron chi connectivity index (χ0n) is 18.6. The molecule has 1 aliphatic rings. The maximum Gasteiger partial charge on any atom is 0.367 e. The molecule has 1 aromatic rings. The second kappa shape index (κ2) is 15.9. The lowest BCUT2D eigenvalue weighted by atomic mass is 9.95. The van der Waals surface area contributed by atoms with Gasteiger partial charge in [-0.15, -0.1) is 0 Å². The average molecular weight is 412 g/mol. The molecule has 0 saturated carbocycles. The Kier molecular flexibility index (Phi) is 14.8. The summed E-state index contributed by atoms with van der Waals surface area (Å²) in [5.41, 5.74) is 5.06. The van der Waals surface area contributed by atoms with E-state index < -0.39 is 6.04 Å². The van der Waals surface area contributed by atoms with Gasteiger partial charge < -0.3 is 25.2 Å². The Bertz CT molecular complexity index is 566. The van der Waals surface area contributed by atoms with Crippen LogP contribution in [0.15, 0.2) is 30.3 Å². The van der Waals surface area contributed by atoms with Gasteiger partial charge in [0.05, 0.1) is 19.3 Å². The van der Waals surface area contributed by atoms with Crippen LogP contribution in [0.25, 0.3) is 0 Å². The van der Waals surface area contributed by atoms with Crippen LogP contribution in [-0.4, -0.2) is 67.9 Å². The van der Waals surface area contributed by atoms with Crippen LogP contribution in [-0.2, 0) is 25.5 Å². The topological polar surface area (TPSA) is 104 Å². The molecule has 0 aromatic heterocycles. The predicted octanol–water partition coefficient (Wildman–Crippen LogP) is 1.29. The Morgan fingerprint density at radius 2 is 1.83 bits per heavy atom. The van der Waals surface area contributed by atoms with Gasteiger partial charge in [0, 0.05) is 20.5 Å². The van der Waals surface area contributed by atoms with Crippen LogP contribution in [0.3, 0.4) is 0 Å². The van der Waals surface area contributed by atoms with Gasteiger partial charge in [-0.2, -0.15) is 0 Å². The fourth-order valence-electron chi connectivity index (χ4n) is 2.73. The molecule has 1 amide bonds. The maximum atomic E-state index is 11.6. The standard InChI is InChI=1S/C15H21NO3.C5H11NO2.C2H6/c1-11-7-13(8-12-5-3-2-4-6-12)9-18-10-14(16)15(17)19-11;1-6(2)5(8)3-4-7;1-2/h2-6,11,13-14H,7-10,16H2,1H3;7H,3-4H2,1-2H3;1-2H3/p+1/t11?,13?,14-;;/m0../s1. The zero-order valence-corrected chi connectivity index (χ0v) is 18.6. The highest BCUT2D eigenvalue weighted by Gasteiger charge is 2.26. The average Bonchev–Trinajstić information content (AvgIpc) is 2.75. The molecule has 0 aliphatic carbocycles. The summed E-state index contributed by atoms with van der Waals surface area (Å²) >= 11 is 0. The normalized spacial score (nSPS) is 21.6. The minimum Gasteiger partial charge on any atom is -0.458 e. The number of benzene rings is 1. The fourth-order valence-corrected chi connectivity index (χ4v) is 2.73. The molecule has 4 N–H and O–H groups in total. The van der Waals surface area contributed by atoms with Crippen LogP contribution in [0.1, 0.15) is 39.2 Å². The number of carbonyl (C=O) groups is 2. The number of quaternary nitrogens is 1. The molecule has 0 bridgehead atoms. The molecule has 7 nitrogen and oxygen atoms in total. The van der Waals surface area contributed by atoms with Gasteiger partial charge in [-0.05, 0) is 31.2 Å². The van der Waals surface area contributed by atoms with Crippen molar-refractivity contribution < 1.29 is 29.9 Å². The lowest BCUT2D eigenvalue weighted by Gasteiger charge is -2.19. The summed E-state index contributed by atoms with van der Waals surface area (Å²) in [5, 5.41) is 8.24. The molecular weight excluding hydrogens is 372 g/mol. The molecule has 1 fully saturated rings. The van der Waals surface area contributed by atoms with Crippen molar-refractivity contribution in [3.63, 3.8) is 0 Å². The van der Waals surface area contributed by atoms with E-state index in [9.17, 15) is 9.59 Å². The number of amides is 1. The van der Waals surface area contributed by atoms with Crippen LogP contribution < -0.4 is 5.73 Å². The summed E-state index contributed by atoms with van der Waals surface area (Å²) in [6, 6.07) is 9.92. The van der Waals surface area contributed by atoms with Crippen molar-refractivity contribution in [2.45, 2.75) is 52.2 Å². The largest absolute Gasteiger partial charge is 0.458 e. The number of aliphatic hydroxyl groups is 1. The van der Waals surface area contributed by atoms with E-state index in [1.807, 2.05) is 39.0 Å². The lowest BCUT2D eigenvalue weighted by molar-refractivity contribution is -0.415. The van der Waals surface area contributed by atoms with Crippen molar-refractivity contribution in [3.8, 4) is 0 Å².